The fourth-order valence-electron chi connectivity index (χ4n) is 3.26. The van der Waals surface area contributed by atoms with Crippen molar-refractivity contribution in [3.05, 3.63) is 17.0 Å². The molecule has 3 rings (SSSR count). The summed E-state index contributed by atoms with van der Waals surface area (Å²) in [5, 5.41) is 7.83. The molecule has 0 spiro atoms. The van der Waals surface area contributed by atoms with Crippen molar-refractivity contribution in [2.24, 2.45) is 5.10 Å². The number of ether oxygens (including phenoxy) is 1. The maximum Gasteiger partial charge on any atom is 0.390 e. The molecule has 3 heterocycles. The van der Waals surface area contributed by atoms with Crippen LogP contribution < -0.4 is 5.43 Å². The van der Waals surface area contributed by atoms with E-state index in [9.17, 15) is 27.6 Å². The van der Waals surface area contributed by atoms with Crippen LogP contribution in [0.1, 0.15) is 47.9 Å². The van der Waals surface area contributed by atoms with E-state index in [1.165, 1.54) is 9.58 Å². The number of rotatable bonds is 5. The van der Waals surface area contributed by atoms with E-state index in [2.05, 4.69) is 15.6 Å². The van der Waals surface area contributed by atoms with E-state index in [1.54, 1.807) is 6.92 Å². The lowest BCUT2D eigenvalue weighted by Crippen LogP contribution is -2.43. The normalized spacial score (nSPS) is 16.8. The quantitative estimate of drug-likeness (QED) is 0.727. The molecular weight excluding hydrogens is 395 g/mol. The van der Waals surface area contributed by atoms with Gasteiger partial charge in [0, 0.05) is 43.6 Å². The molecule has 0 aromatic carbocycles. The van der Waals surface area contributed by atoms with E-state index in [-0.39, 0.29) is 56.3 Å². The van der Waals surface area contributed by atoms with E-state index in [4.69, 9.17) is 4.74 Å². The fourth-order valence-corrected chi connectivity index (χ4v) is 3.26. The molecule has 2 aliphatic rings. The molecule has 0 radical (unpaired) electrons. The molecule has 0 fully saturated rings. The van der Waals surface area contributed by atoms with Crippen LogP contribution >= 0.6 is 0 Å². The largest absolute Gasteiger partial charge is 0.461 e. The van der Waals surface area contributed by atoms with Gasteiger partial charge in [-0.2, -0.15) is 23.4 Å². The monoisotopic (exact) mass is 415 g/mol. The minimum Gasteiger partial charge on any atom is -0.461 e. The summed E-state index contributed by atoms with van der Waals surface area (Å²) < 4.78 is 44.0. The molecule has 0 saturated heterocycles. The highest BCUT2D eigenvalue weighted by molar-refractivity contribution is 6.39. The van der Waals surface area contributed by atoms with Crippen LogP contribution in [0.2, 0.25) is 0 Å². The smallest absolute Gasteiger partial charge is 0.390 e. The van der Waals surface area contributed by atoms with E-state index < -0.39 is 31.0 Å². The number of fused-ring (bicyclic) bond motifs is 1. The standard InChI is InChI=1S/C17H20F3N5O4/c1-2-29-16(28)14-10-9-24(15(27)11-3-4-13(26)22-21-11)7-5-12(10)25(23-14)8-6-17(18,19)20/h2-9H2,1H3,(H,22,26). The number of esters is 1. The van der Waals surface area contributed by atoms with Crippen molar-refractivity contribution < 1.29 is 32.3 Å². The molecule has 1 aromatic rings. The fraction of sp³-hybridized carbons (Fsp3) is 0.588. The van der Waals surface area contributed by atoms with Crippen molar-refractivity contribution in [3.63, 3.8) is 0 Å². The lowest BCUT2D eigenvalue weighted by molar-refractivity contribution is -0.137. The van der Waals surface area contributed by atoms with Gasteiger partial charge in [-0.05, 0) is 6.92 Å². The Labute approximate surface area is 163 Å². The molecule has 1 N–H and O–H groups in total. The number of carbonyl (C=O) groups is 3. The second-order valence-electron chi connectivity index (χ2n) is 6.65. The van der Waals surface area contributed by atoms with Gasteiger partial charge in [-0.1, -0.05) is 0 Å². The lowest BCUT2D eigenvalue weighted by Gasteiger charge is -2.28. The SMILES string of the molecule is CCOC(=O)c1nn(CCC(F)(F)F)c2c1CN(C(=O)C1=NNC(=O)CC1)CC2. The topological polar surface area (TPSA) is 106 Å². The molecule has 0 unspecified atom stereocenters. The summed E-state index contributed by atoms with van der Waals surface area (Å²) in [5.41, 5.74) is 3.23. The third kappa shape index (κ3) is 4.74. The Kier molecular flexibility index (Phi) is 5.89. The number of alkyl halides is 3. The summed E-state index contributed by atoms with van der Waals surface area (Å²) in [5.74, 6) is -1.42. The summed E-state index contributed by atoms with van der Waals surface area (Å²) in [6.07, 6.45) is -4.85. The minimum atomic E-state index is -4.36. The number of nitrogens with one attached hydrogen (secondary N) is 1. The molecular formula is C17H20F3N5O4. The number of amides is 2. The molecule has 0 aliphatic carbocycles. The number of carbonyl (C=O) groups excluding carboxylic acids is 3. The molecule has 2 aliphatic heterocycles. The first kappa shape index (κ1) is 20.8. The zero-order chi connectivity index (χ0) is 21.2. The Morgan fingerprint density at radius 1 is 1.24 bits per heavy atom. The van der Waals surface area contributed by atoms with Crippen LogP contribution in [-0.2, 0) is 33.8 Å². The Morgan fingerprint density at radius 3 is 2.62 bits per heavy atom. The summed E-state index contributed by atoms with van der Waals surface area (Å²) in [7, 11) is 0. The van der Waals surface area contributed by atoms with Gasteiger partial charge < -0.3 is 9.64 Å². The van der Waals surface area contributed by atoms with E-state index in [0.717, 1.165) is 0 Å². The summed E-state index contributed by atoms with van der Waals surface area (Å²) in [4.78, 5) is 37.6. The maximum atomic E-state index is 12.7. The summed E-state index contributed by atoms with van der Waals surface area (Å²) in [6, 6.07) is 0. The first-order valence-corrected chi connectivity index (χ1v) is 9.16. The predicted molar refractivity (Wildman–Crippen MR) is 92.8 cm³/mol. The van der Waals surface area contributed by atoms with Crippen molar-refractivity contribution >= 4 is 23.5 Å². The van der Waals surface area contributed by atoms with Crippen molar-refractivity contribution in [1.82, 2.24) is 20.1 Å². The number of hydrogen-bond acceptors (Lipinski definition) is 6. The molecule has 0 saturated carbocycles. The molecule has 2 amide bonds. The number of aryl methyl sites for hydroxylation is 1. The third-order valence-corrected chi connectivity index (χ3v) is 4.65. The summed E-state index contributed by atoms with van der Waals surface area (Å²) >= 11 is 0. The van der Waals surface area contributed by atoms with Gasteiger partial charge in [-0.3, -0.25) is 14.3 Å². The van der Waals surface area contributed by atoms with E-state index in [1.807, 2.05) is 0 Å². The number of hydrazone groups is 1. The van der Waals surface area contributed by atoms with Gasteiger partial charge in [0.25, 0.3) is 5.91 Å². The minimum absolute atomic E-state index is 0.00129. The lowest BCUT2D eigenvalue weighted by atomic mass is 10.0. The van der Waals surface area contributed by atoms with Gasteiger partial charge in [-0.15, -0.1) is 0 Å². The second kappa shape index (κ2) is 8.21. The van der Waals surface area contributed by atoms with Crippen LogP contribution in [0.5, 0.6) is 0 Å². The highest BCUT2D eigenvalue weighted by Crippen LogP contribution is 2.27. The van der Waals surface area contributed by atoms with E-state index >= 15 is 0 Å². The van der Waals surface area contributed by atoms with Gasteiger partial charge in [0.2, 0.25) is 5.91 Å². The average Bonchev–Trinajstić information content (AvgIpc) is 3.04. The average molecular weight is 415 g/mol. The first-order valence-electron chi connectivity index (χ1n) is 9.16. The Bertz CT molecular complexity index is 862. The second-order valence-corrected chi connectivity index (χ2v) is 6.65. The predicted octanol–water partition coefficient (Wildman–Crippen LogP) is 1.16. The van der Waals surface area contributed by atoms with Crippen molar-refractivity contribution in [1.29, 1.82) is 0 Å². The van der Waals surface area contributed by atoms with Crippen LogP contribution in [0.4, 0.5) is 13.2 Å². The van der Waals surface area contributed by atoms with Crippen LogP contribution in [0, 0.1) is 0 Å². The van der Waals surface area contributed by atoms with Gasteiger partial charge in [-0.25, -0.2) is 10.2 Å². The molecule has 12 heteroatoms. The van der Waals surface area contributed by atoms with Crippen LogP contribution in [0.25, 0.3) is 0 Å². The van der Waals surface area contributed by atoms with Crippen molar-refractivity contribution in [2.75, 3.05) is 13.2 Å². The van der Waals surface area contributed by atoms with Gasteiger partial charge in [0.1, 0.15) is 5.71 Å². The molecule has 0 bridgehead atoms. The molecule has 29 heavy (non-hydrogen) atoms. The van der Waals surface area contributed by atoms with Gasteiger partial charge >= 0.3 is 12.1 Å². The van der Waals surface area contributed by atoms with Gasteiger partial charge in [0.05, 0.1) is 19.6 Å². The van der Waals surface area contributed by atoms with E-state index in [0.29, 0.717) is 11.3 Å². The zero-order valence-electron chi connectivity index (χ0n) is 15.7. The number of aromatic nitrogens is 2. The molecule has 9 nitrogen and oxygen atoms in total. The van der Waals surface area contributed by atoms with Crippen LogP contribution in [-0.4, -0.2) is 57.5 Å². The Hall–Kier alpha value is -2.92. The van der Waals surface area contributed by atoms with Crippen LogP contribution in [0.3, 0.4) is 0 Å². The number of hydrogen-bond donors (Lipinski definition) is 1. The van der Waals surface area contributed by atoms with Crippen molar-refractivity contribution in [3.8, 4) is 0 Å². The molecule has 158 valence electrons. The van der Waals surface area contributed by atoms with Crippen LogP contribution in [0.15, 0.2) is 5.10 Å². The van der Waals surface area contributed by atoms with Gasteiger partial charge in [0.15, 0.2) is 5.69 Å². The molecule has 1 aromatic heterocycles. The number of nitrogens with zero attached hydrogens (tertiary/aromatic N) is 4. The third-order valence-electron chi connectivity index (χ3n) is 4.65. The molecule has 0 atom stereocenters. The Morgan fingerprint density at radius 2 is 2.00 bits per heavy atom. The summed E-state index contributed by atoms with van der Waals surface area (Å²) in [6.45, 7) is 1.51. The number of halogens is 3. The highest BCUT2D eigenvalue weighted by atomic mass is 19.4. The Balaban J connectivity index is 1.85. The maximum absolute atomic E-state index is 12.7. The zero-order valence-corrected chi connectivity index (χ0v) is 15.7. The van der Waals surface area contributed by atoms with Crippen molar-refractivity contribution in [2.45, 2.75) is 51.9 Å². The highest BCUT2D eigenvalue weighted by Gasteiger charge is 2.34. The first-order chi connectivity index (χ1) is 13.7.